The van der Waals surface area contributed by atoms with Crippen molar-refractivity contribution in [3.05, 3.63) is 40.1 Å². The summed E-state index contributed by atoms with van der Waals surface area (Å²) in [6.07, 6.45) is 1.37. The van der Waals surface area contributed by atoms with Crippen LogP contribution < -0.4 is 21.8 Å². The quantitative estimate of drug-likeness (QED) is 0.207. The number of hydrogen-bond donors (Lipinski definition) is 5. The van der Waals surface area contributed by atoms with E-state index in [2.05, 4.69) is 21.2 Å². The van der Waals surface area contributed by atoms with E-state index in [1.54, 1.807) is 26.0 Å². The van der Waals surface area contributed by atoms with Crippen LogP contribution in [-0.2, 0) is 14.9 Å². The van der Waals surface area contributed by atoms with Crippen molar-refractivity contribution in [3.63, 3.8) is 0 Å². The van der Waals surface area contributed by atoms with E-state index < -0.39 is 23.5 Å². The summed E-state index contributed by atoms with van der Waals surface area (Å²) < 4.78 is 5.18. The van der Waals surface area contributed by atoms with Gasteiger partial charge in [-0.2, -0.15) is 5.10 Å². The van der Waals surface area contributed by atoms with Crippen molar-refractivity contribution in [2.24, 2.45) is 10.8 Å². The molecule has 9 nitrogen and oxygen atoms in total. The highest BCUT2D eigenvalue weighted by Crippen LogP contribution is 2.37. The van der Waals surface area contributed by atoms with Crippen LogP contribution in [-0.4, -0.2) is 35.0 Å². The van der Waals surface area contributed by atoms with Crippen molar-refractivity contribution in [1.29, 1.82) is 0 Å². The summed E-state index contributed by atoms with van der Waals surface area (Å²) in [4.78, 5) is 24.7. The van der Waals surface area contributed by atoms with Gasteiger partial charge in [0.25, 0.3) is 0 Å². The largest absolute Gasteiger partial charge is 0.507 e. The van der Waals surface area contributed by atoms with E-state index in [1.165, 1.54) is 6.21 Å². The molecule has 1 aromatic rings. The van der Waals surface area contributed by atoms with Crippen LogP contribution in [0.25, 0.3) is 0 Å². The van der Waals surface area contributed by atoms with Gasteiger partial charge in [-0.05, 0) is 49.2 Å². The van der Waals surface area contributed by atoms with Crippen molar-refractivity contribution >= 4 is 35.5 Å². The number of amides is 2. The number of carbonyl (C=O) groups is 2. The van der Waals surface area contributed by atoms with E-state index in [0.29, 0.717) is 22.4 Å². The molecule has 0 bridgehead atoms. The highest BCUT2D eigenvalue weighted by atomic mass is 32.1. The van der Waals surface area contributed by atoms with Crippen molar-refractivity contribution < 1.29 is 19.4 Å². The lowest BCUT2D eigenvalue weighted by Gasteiger charge is -2.30. The van der Waals surface area contributed by atoms with Gasteiger partial charge in [0.1, 0.15) is 5.75 Å². The second kappa shape index (κ2) is 9.12. The number of rotatable bonds is 5. The Morgan fingerprint density at radius 3 is 2.67 bits per heavy atom. The summed E-state index contributed by atoms with van der Waals surface area (Å²) in [6.45, 7) is 9.36. The van der Waals surface area contributed by atoms with Gasteiger partial charge < -0.3 is 26.2 Å². The van der Waals surface area contributed by atoms with E-state index >= 15 is 0 Å². The van der Waals surface area contributed by atoms with Crippen LogP contribution in [0.1, 0.15) is 57.4 Å². The predicted molar refractivity (Wildman–Crippen MR) is 118 cm³/mol. The zero-order valence-corrected chi connectivity index (χ0v) is 18.4. The summed E-state index contributed by atoms with van der Waals surface area (Å²) >= 11 is 4.73. The number of benzene rings is 1. The Morgan fingerprint density at radius 1 is 1.43 bits per heavy atom. The zero-order chi connectivity index (χ0) is 22.6. The third-order valence-electron chi connectivity index (χ3n) is 4.45. The molecule has 0 saturated heterocycles. The predicted octanol–water partition coefficient (Wildman–Crippen LogP) is 2.05. The number of aromatic hydroxyl groups is 1. The highest BCUT2D eigenvalue weighted by molar-refractivity contribution is 7.80. The minimum absolute atomic E-state index is 0.0216. The van der Waals surface area contributed by atoms with Crippen molar-refractivity contribution in [3.8, 4) is 5.75 Å². The number of nitrogens with zero attached hydrogens (tertiary/aromatic N) is 1. The summed E-state index contributed by atoms with van der Waals surface area (Å²) in [5, 5.41) is 20.0. The minimum atomic E-state index is -0.768. The lowest BCUT2D eigenvalue weighted by molar-refractivity contribution is -0.139. The van der Waals surface area contributed by atoms with Gasteiger partial charge in [0.2, 0.25) is 0 Å². The van der Waals surface area contributed by atoms with Gasteiger partial charge in [-0.3, -0.25) is 5.43 Å². The lowest BCUT2D eigenvalue weighted by Crippen LogP contribution is -2.45. The van der Waals surface area contributed by atoms with Crippen LogP contribution in [0, 0.1) is 0 Å². The normalized spacial score (nSPS) is 16.8. The average molecular weight is 434 g/mol. The van der Waals surface area contributed by atoms with Gasteiger partial charge in [0.05, 0.1) is 24.4 Å². The molecule has 1 heterocycles. The van der Waals surface area contributed by atoms with E-state index in [-0.39, 0.29) is 23.0 Å². The van der Waals surface area contributed by atoms with E-state index in [4.69, 9.17) is 22.7 Å². The molecule has 1 aromatic carbocycles. The van der Waals surface area contributed by atoms with Gasteiger partial charge in [-0.25, -0.2) is 9.59 Å². The standard InChI is InChI=1S/C20H27N5O4S/c1-6-29-17(27)14-10(2)23-19(28)24-15(14)11-7-12(9-22-25-18(21)30)16(26)13(8-11)20(3,4)5/h7-9,15,26H,6H2,1-5H3,(H3,21,25,30)(H2,23,24,28)/b22-9+. The molecular formula is C20H27N5O4S. The number of urea groups is 1. The van der Waals surface area contributed by atoms with Gasteiger partial charge in [0.15, 0.2) is 5.11 Å². The Hall–Kier alpha value is -3.14. The summed E-state index contributed by atoms with van der Waals surface area (Å²) in [5.74, 6) is -0.512. The lowest BCUT2D eigenvalue weighted by atomic mass is 9.82. The molecule has 30 heavy (non-hydrogen) atoms. The molecule has 1 aliphatic heterocycles. The summed E-state index contributed by atoms with van der Waals surface area (Å²) in [5.41, 5.74) is 9.65. The molecule has 2 amide bonds. The van der Waals surface area contributed by atoms with Crippen LogP contribution >= 0.6 is 12.2 Å². The molecule has 0 radical (unpaired) electrons. The number of phenolic OH excluding ortho intramolecular Hbond substituents is 1. The Kier molecular flexibility index (Phi) is 7.04. The molecule has 0 aliphatic carbocycles. The Bertz CT molecular complexity index is 934. The number of hydrogen-bond acceptors (Lipinski definition) is 6. The van der Waals surface area contributed by atoms with Crippen molar-refractivity contribution in [1.82, 2.24) is 16.1 Å². The van der Waals surface area contributed by atoms with E-state index in [1.807, 2.05) is 20.8 Å². The third kappa shape index (κ3) is 5.26. The third-order valence-corrected chi connectivity index (χ3v) is 4.54. The molecule has 6 N–H and O–H groups in total. The number of hydrazone groups is 1. The Labute approximate surface area is 180 Å². The average Bonchev–Trinajstić information content (AvgIpc) is 2.61. The molecule has 0 spiro atoms. The molecule has 1 atom stereocenters. The first kappa shape index (κ1) is 23.1. The number of allylic oxidation sites excluding steroid dienone is 1. The maximum absolute atomic E-state index is 12.6. The molecule has 1 unspecified atom stereocenters. The fourth-order valence-corrected chi connectivity index (χ4v) is 3.16. The van der Waals surface area contributed by atoms with Crippen LogP contribution in [0.2, 0.25) is 0 Å². The van der Waals surface area contributed by atoms with Gasteiger partial charge in [-0.1, -0.05) is 20.8 Å². The Balaban J connectivity index is 2.67. The number of phenols is 1. The smallest absolute Gasteiger partial charge is 0.338 e. The molecule has 0 fully saturated rings. The molecule has 2 rings (SSSR count). The number of esters is 1. The van der Waals surface area contributed by atoms with Crippen LogP contribution in [0.3, 0.4) is 0 Å². The fourth-order valence-electron chi connectivity index (χ4n) is 3.11. The van der Waals surface area contributed by atoms with Gasteiger partial charge in [0, 0.05) is 16.8 Å². The molecule has 1 aliphatic rings. The van der Waals surface area contributed by atoms with Crippen LogP contribution in [0.15, 0.2) is 28.5 Å². The first-order chi connectivity index (χ1) is 14.0. The molecule has 0 saturated carbocycles. The molecule has 0 aromatic heterocycles. The van der Waals surface area contributed by atoms with E-state index in [0.717, 1.165) is 0 Å². The summed E-state index contributed by atoms with van der Waals surface area (Å²) in [7, 11) is 0. The van der Waals surface area contributed by atoms with Gasteiger partial charge >= 0.3 is 12.0 Å². The number of thiocarbonyl (C=S) groups is 1. The number of nitrogens with two attached hydrogens (primary N) is 1. The molecule has 10 heteroatoms. The highest BCUT2D eigenvalue weighted by Gasteiger charge is 2.33. The van der Waals surface area contributed by atoms with Crippen LogP contribution in [0.4, 0.5) is 4.79 Å². The minimum Gasteiger partial charge on any atom is -0.507 e. The number of ether oxygens (including phenoxy) is 1. The van der Waals surface area contributed by atoms with Crippen molar-refractivity contribution in [2.75, 3.05) is 6.61 Å². The van der Waals surface area contributed by atoms with Gasteiger partial charge in [-0.15, -0.1) is 0 Å². The fraction of sp³-hybridized carbons (Fsp3) is 0.400. The SMILES string of the molecule is CCOC(=O)C1=C(C)NC(=O)NC1c1cc(/C=N/NC(N)=S)c(O)c(C(C)(C)C)c1. The summed E-state index contributed by atoms with van der Waals surface area (Å²) in [6, 6.07) is 2.19. The maximum atomic E-state index is 12.6. The first-order valence-corrected chi connectivity index (χ1v) is 9.77. The monoisotopic (exact) mass is 433 g/mol. The number of nitrogens with one attached hydrogen (secondary N) is 3. The number of carbonyl (C=O) groups excluding carboxylic acids is 2. The molecule has 162 valence electrons. The maximum Gasteiger partial charge on any atom is 0.338 e. The first-order valence-electron chi connectivity index (χ1n) is 9.37. The van der Waals surface area contributed by atoms with Crippen LogP contribution in [0.5, 0.6) is 5.75 Å². The zero-order valence-electron chi connectivity index (χ0n) is 17.6. The topological polar surface area (TPSA) is 138 Å². The van der Waals surface area contributed by atoms with Crippen molar-refractivity contribution in [2.45, 2.75) is 46.1 Å². The second-order valence-electron chi connectivity index (χ2n) is 7.78. The second-order valence-corrected chi connectivity index (χ2v) is 8.22. The Morgan fingerprint density at radius 2 is 2.10 bits per heavy atom. The van der Waals surface area contributed by atoms with E-state index in [9.17, 15) is 14.7 Å². The molecular weight excluding hydrogens is 406 g/mol.